The van der Waals surface area contributed by atoms with Crippen molar-refractivity contribution in [3.8, 4) is 0 Å². The molecule has 0 aromatic heterocycles. The maximum atomic E-state index is 12.2. The van der Waals surface area contributed by atoms with Gasteiger partial charge < -0.3 is 15.1 Å². The summed E-state index contributed by atoms with van der Waals surface area (Å²) in [5, 5.41) is 3.06. The van der Waals surface area contributed by atoms with Crippen LogP contribution in [0.25, 0.3) is 0 Å². The second-order valence-corrected chi connectivity index (χ2v) is 7.59. The van der Waals surface area contributed by atoms with Crippen molar-refractivity contribution in [2.24, 2.45) is 11.8 Å². The molecule has 2 fully saturated rings. The highest BCUT2D eigenvalue weighted by Crippen LogP contribution is 2.17. The summed E-state index contributed by atoms with van der Waals surface area (Å²) in [6.07, 6.45) is 6.09. The van der Waals surface area contributed by atoms with Gasteiger partial charge in [-0.2, -0.15) is 0 Å². The van der Waals surface area contributed by atoms with E-state index >= 15 is 0 Å². The third kappa shape index (κ3) is 6.50. The first kappa shape index (κ1) is 18.2. The van der Waals surface area contributed by atoms with Crippen molar-refractivity contribution in [3.63, 3.8) is 0 Å². The Morgan fingerprint density at radius 2 is 2.04 bits per heavy atom. The molecule has 5 nitrogen and oxygen atoms in total. The van der Waals surface area contributed by atoms with Crippen molar-refractivity contribution in [3.05, 3.63) is 0 Å². The van der Waals surface area contributed by atoms with Crippen LogP contribution in [-0.4, -0.2) is 60.9 Å². The fourth-order valence-corrected chi connectivity index (χ4v) is 3.69. The zero-order chi connectivity index (χ0) is 16.7. The number of hydrogen-bond acceptors (Lipinski definition) is 3. The summed E-state index contributed by atoms with van der Waals surface area (Å²) in [6, 6.07) is 0. The zero-order valence-corrected chi connectivity index (χ0v) is 14.9. The van der Waals surface area contributed by atoms with Crippen LogP contribution in [0.4, 0.5) is 0 Å². The molecule has 0 aliphatic carbocycles. The molecule has 132 valence electrons. The summed E-state index contributed by atoms with van der Waals surface area (Å²) >= 11 is 0. The van der Waals surface area contributed by atoms with Gasteiger partial charge in [-0.25, -0.2) is 0 Å². The van der Waals surface area contributed by atoms with Gasteiger partial charge in [0.05, 0.1) is 6.54 Å². The predicted molar refractivity (Wildman–Crippen MR) is 92.1 cm³/mol. The van der Waals surface area contributed by atoms with Gasteiger partial charge in [0.2, 0.25) is 11.8 Å². The predicted octanol–water partition coefficient (Wildman–Crippen LogP) is 1.87. The van der Waals surface area contributed by atoms with Crippen LogP contribution < -0.4 is 5.32 Å². The Labute approximate surface area is 140 Å². The molecule has 5 heteroatoms. The number of likely N-dealkylation sites (tertiary alicyclic amines) is 2. The maximum absolute atomic E-state index is 12.2. The number of carbonyl (C=O) groups excluding carboxylic acids is 2. The lowest BCUT2D eigenvalue weighted by Crippen LogP contribution is -2.45. The molecule has 2 rings (SSSR count). The molecule has 2 aliphatic heterocycles. The number of carbonyl (C=O) groups is 2. The van der Waals surface area contributed by atoms with Crippen LogP contribution in [0.5, 0.6) is 0 Å². The molecule has 2 amide bonds. The second kappa shape index (κ2) is 9.26. The van der Waals surface area contributed by atoms with Crippen molar-refractivity contribution < 1.29 is 9.59 Å². The topological polar surface area (TPSA) is 52.7 Å². The third-order valence-corrected chi connectivity index (χ3v) is 4.82. The van der Waals surface area contributed by atoms with Crippen LogP contribution in [0.15, 0.2) is 0 Å². The van der Waals surface area contributed by atoms with Gasteiger partial charge in [-0.15, -0.1) is 0 Å². The van der Waals surface area contributed by atoms with Crippen LogP contribution in [0.3, 0.4) is 0 Å². The van der Waals surface area contributed by atoms with Gasteiger partial charge >= 0.3 is 0 Å². The number of nitrogens with zero attached hydrogens (tertiary/aromatic N) is 2. The Bertz CT molecular complexity index is 398. The summed E-state index contributed by atoms with van der Waals surface area (Å²) in [5.74, 6) is 1.38. The van der Waals surface area contributed by atoms with Gasteiger partial charge in [-0.3, -0.25) is 9.59 Å². The van der Waals surface area contributed by atoms with Gasteiger partial charge in [0.15, 0.2) is 0 Å². The number of hydrogen-bond donors (Lipinski definition) is 1. The highest BCUT2D eigenvalue weighted by Gasteiger charge is 2.22. The molecule has 0 spiro atoms. The number of amides is 2. The Morgan fingerprint density at radius 3 is 2.83 bits per heavy atom. The summed E-state index contributed by atoms with van der Waals surface area (Å²) in [4.78, 5) is 28.3. The van der Waals surface area contributed by atoms with Crippen LogP contribution >= 0.6 is 0 Å². The Kier molecular flexibility index (Phi) is 7.34. The first-order valence-electron chi connectivity index (χ1n) is 9.31. The van der Waals surface area contributed by atoms with Crippen LogP contribution in [0, 0.1) is 11.8 Å². The SMILES string of the molecule is CC(C)CN1CCC[C@H](CNC(=O)CN2CCCCCC2=O)C1. The van der Waals surface area contributed by atoms with Crippen LogP contribution in [-0.2, 0) is 9.59 Å². The van der Waals surface area contributed by atoms with Crippen molar-refractivity contribution in [2.75, 3.05) is 39.3 Å². The largest absolute Gasteiger partial charge is 0.354 e. The van der Waals surface area contributed by atoms with Crippen LogP contribution in [0.2, 0.25) is 0 Å². The average molecular weight is 323 g/mol. The fraction of sp³-hybridized carbons (Fsp3) is 0.889. The normalized spacial score (nSPS) is 23.9. The average Bonchev–Trinajstić information content (AvgIpc) is 2.70. The van der Waals surface area contributed by atoms with E-state index in [1.54, 1.807) is 4.90 Å². The number of piperidine rings is 1. The molecule has 0 aromatic carbocycles. The summed E-state index contributed by atoms with van der Waals surface area (Å²) < 4.78 is 0. The summed E-state index contributed by atoms with van der Waals surface area (Å²) in [7, 11) is 0. The van der Waals surface area contributed by atoms with E-state index in [0.29, 0.717) is 18.3 Å². The second-order valence-electron chi connectivity index (χ2n) is 7.59. The third-order valence-electron chi connectivity index (χ3n) is 4.82. The molecule has 0 unspecified atom stereocenters. The van der Waals surface area contributed by atoms with E-state index in [2.05, 4.69) is 24.1 Å². The van der Waals surface area contributed by atoms with Gasteiger partial charge in [0, 0.05) is 32.6 Å². The van der Waals surface area contributed by atoms with Crippen molar-refractivity contribution in [1.29, 1.82) is 0 Å². The molecule has 0 aromatic rings. The van der Waals surface area contributed by atoms with Crippen molar-refractivity contribution >= 4 is 11.8 Å². The van der Waals surface area contributed by atoms with Crippen molar-refractivity contribution in [1.82, 2.24) is 15.1 Å². The standard InChI is InChI=1S/C18H33N3O2/c1-15(2)12-20-9-6-7-16(13-20)11-19-17(22)14-21-10-5-3-4-8-18(21)23/h15-16H,3-14H2,1-2H3,(H,19,22)/t16-/m1/s1. The van der Waals surface area contributed by atoms with E-state index in [0.717, 1.165) is 45.4 Å². The summed E-state index contributed by atoms with van der Waals surface area (Å²) in [5.41, 5.74) is 0. The Morgan fingerprint density at radius 1 is 1.22 bits per heavy atom. The van der Waals surface area contributed by atoms with E-state index < -0.39 is 0 Å². The van der Waals surface area contributed by atoms with Gasteiger partial charge in [-0.05, 0) is 44.1 Å². The minimum Gasteiger partial charge on any atom is -0.354 e. The molecule has 1 atom stereocenters. The lowest BCUT2D eigenvalue weighted by molar-refractivity contribution is -0.135. The molecule has 0 bridgehead atoms. The first-order valence-corrected chi connectivity index (χ1v) is 9.31. The van der Waals surface area contributed by atoms with Gasteiger partial charge in [0.1, 0.15) is 0 Å². The molecule has 2 aliphatic rings. The lowest BCUT2D eigenvalue weighted by atomic mass is 9.97. The fourth-order valence-electron chi connectivity index (χ4n) is 3.69. The summed E-state index contributed by atoms with van der Waals surface area (Å²) in [6.45, 7) is 9.64. The van der Waals surface area contributed by atoms with E-state index in [1.165, 1.54) is 19.4 Å². The molecule has 0 radical (unpaired) electrons. The number of nitrogens with one attached hydrogen (secondary N) is 1. The Balaban J connectivity index is 1.70. The molecule has 1 N–H and O–H groups in total. The monoisotopic (exact) mass is 323 g/mol. The lowest BCUT2D eigenvalue weighted by Gasteiger charge is -2.34. The first-order chi connectivity index (χ1) is 11.0. The highest BCUT2D eigenvalue weighted by atomic mass is 16.2. The maximum Gasteiger partial charge on any atom is 0.239 e. The van der Waals surface area contributed by atoms with Crippen LogP contribution in [0.1, 0.15) is 52.4 Å². The quantitative estimate of drug-likeness (QED) is 0.812. The van der Waals surface area contributed by atoms with E-state index in [1.807, 2.05) is 0 Å². The van der Waals surface area contributed by atoms with E-state index in [-0.39, 0.29) is 18.4 Å². The zero-order valence-electron chi connectivity index (χ0n) is 14.9. The minimum atomic E-state index is 0.00114. The highest BCUT2D eigenvalue weighted by molar-refractivity contribution is 5.84. The van der Waals surface area contributed by atoms with Gasteiger partial charge in [-0.1, -0.05) is 20.3 Å². The molecule has 2 heterocycles. The molecule has 2 saturated heterocycles. The van der Waals surface area contributed by atoms with Gasteiger partial charge in [0.25, 0.3) is 0 Å². The number of rotatable bonds is 6. The minimum absolute atomic E-state index is 0.00114. The Hall–Kier alpha value is -1.10. The molecular formula is C18H33N3O2. The molecular weight excluding hydrogens is 290 g/mol. The molecule has 0 saturated carbocycles. The van der Waals surface area contributed by atoms with Crippen molar-refractivity contribution in [2.45, 2.75) is 52.4 Å². The molecule has 23 heavy (non-hydrogen) atoms. The van der Waals surface area contributed by atoms with E-state index in [4.69, 9.17) is 0 Å². The smallest absolute Gasteiger partial charge is 0.239 e. The van der Waals surface area contributed by atoms with E-state index in [9.17, 15) is 9.59 Å².